The molecule has 0 saturated heterocycles. The monoisotopic (exact) mass is 326 g/mol. The Balaban J connectivity index is 2.30. The van der Waals surface area contributed by atoms with Crippen molar-refractivity contribution in [2.45, 2.75) is 0 Å². The number of amides is 1. The summed E-state index contributed by atoms with van der Waals surface area (Å²) in [6.45, 7) is 0. The summed E-state index contributed by atoms with van der Waals surface area (Å²) in [5, 5.41) is 3.10. The summed E-state index contributed by atoms with van der Waals surface area (Å²) in [6, 6.07) is 8.12. The zero-order valence-corrected chi connectivity index (χ0v) is 11.4. The number of nitrogens with one attached hydrogen (secondary N) is 2. The highest BCUT2D eigenvalue weighted by Crippen LogP contribution is 2.30. The summed E-state index contributed by atoms with van der Waals surface area (Å²) in [6.07, 6.45) is 1.47. The van der Waals surface area contributed by atoms with Gasteiger partial charge in [0.25, 0.3) is 11.5 Å². The summed E-state index contributed by atoms with van der Waals surface area (Å²) >= 11 is 9.18. The second-order valence-corrected chi connectivity index (χ2v) is 4.67. The van der Waals surface area contributed by atoms with Crippen molar-refractivity contribution in [3.8, 4) is 0 Å². The molecular weight excluding hydrogens is 320 g/mol. The Morgan fingerprint density at radius 1 is 1.28 bits per heavy atom. The molecule has 2 aromatic rings. The van der Waals surface area contributed by atoms with Crippen LogP contribution >= 0.6 is 27.5 Å². The minimum atomic E-state index is -0.486. The summed E-state index contributed by atoms with van der Waals surface area (Å²) < 4.78 is 0.576. The second kappa shape index (κ2) is 5.37. The first-order valence-corrected chi connectivity index (χ1v) is 6.20. The number of hydrogen-bond acceptors (Lipinski definition) is 2. The van der Waals surface area contributed by atoms with Gasteiger partial charge in [0, 0.05) is 6.20 Å². The van der Waals surface area contributed by atoms with Crippen molar-refractivity contribution in [3.05, 3.63) is 61.9 Å². The van der Waals surface area contributed by atoms with E-state index in [-0.39, 0.29) is 5.56 Å². The number of hydrogen-bond donors (Lipinski definition) is 2. The molecular formula is C12H8BrClN2O2. The summed E-state index contributed by atoms with van der Waals surface area (Å²) in [5.41, 5.74) is 0.119. The van der Waals surface area contributed by atoms with Crippen LogP contribution in [-0.2, 0) is 0 Å². The van der Waals surface area contributed by atoms with Gasteiger partial charge in [-0.1, -0.05) is 17.7 Å². The fourth-order valence-corrected chi connectivity index (χ4v) is 1.93. The van der Waals surface area contributed by atoms with Gasteiger partial charge in [-0.05, 0) is 40.2 Å². The minimum absolute atomic E-state index is 0.0457. The van der Waals surface area contributed by atoms with Crippen LogP contribution in [0.25, 0.3) is 0 Å². The van der Waals surface area contributed by atoms with Gasteiger partial charge in [-0.3, -0.25) is 9.59 Å². The van der Waals surface area contributed by atoms with Crippen LogP contribution in [0.2, 0.25) is 5.02 Å². The van der Waals surface area contributed by atoms with Gasteiger partial charge in [0.1, 0.15) is 5.56 Å². The standard InChI is InChI=1S/C12H8BrClN2O2/c13-10-8(14)4-1-5-9(10)16-12(18)7-3-2-6-15-11(7)17/h1-6H,(H,15,17)(H,16,18). The van der Waals surface area contributed by atoms with Gasteiger partial charge >= 0.3 is 0 Å². The average molecular weight is 328 g/mol. The molecule has 2 N–H and O–H groups in total. The molecule has 0 fully saturated rings. The number of carbonyl (C=O) groups excluding carboxylic acids is 1. The fraction of sp³-hybridized carbons (Fsp3) is 0. The molecule has 0 atom stereocenters. The van der Waals surface area contributed by atoms with Crippen molar-refractivity contribution in [3.63, 3.8) is 0 Å². The molecule has 0 saturated carbocycles. The van der Waals surface area contributed by atoms with Gasteiger partial charge in [0.05, 0.1) is 15.2 Å². The number of carbonyl (C=O) groups is 1. The molecule has 1 aromatic heterocycles. The first-order chi connectivity index (χ1) is 8.59. The predicted molar refractivity (Wildman–Crippen MR) is 74.2 cm³/mol. The molecule has 4 nitrogen and oxygen atoms in total. The zero-order valence-electron chi connectivity index (χ0n) is 9.04. The number of aromatic nitrogens is 1. The maximum atomic E-state index is 11.9. The van der Waals surface area contributed by atoms with Gasteiger partial charge in [-0.15, -0.1) is 0 Å². The van der Waals surface area contributed by atoms with Crippen molar-refractivity contribution >= 4 is 39.1 Å². The van der Waals surface area contributed by atoms with Crippen molar-refractivity contribution in [1.29, 1.82) is 0 Å². The third kappa shape index (κ3) is 2.63. The highest BCUT2D eigenvalue weighted by molar-refractivity contribution is 9.10. The van der Waals surface area contributed by atoms with Crippen LogP contribution in [-0.4, -0.2) is 10.9 Å². The Morgan fingerprint density at radius 3 is 2.78 bits per heavy atom. The lowest BCUT2D eigenvalue weighted by molar-refractivity contribution is 0.102. The topological polar surface area (TPSA) is 62.0 Å². The third-order valence-corrected chi connectivity index (χ3v) is 3.66. The van der Waals surface area contributed by atoms with E-state index in [0.717, 1.165) is 0 Å². The van der Waals surface area contributed by atoms with Crippen LogP contribution in [0.15, 0.2) is 45.8 Å². The zero-order chi connectivity index (χ0) is 13.1. The lowest BCUT2D eigenvalue weighted by atomic mass is 10.2. The van der Waals surface area contributed by atoms with E-state index in [4.69, 9.17) is 11.6 Å². The summed E-state index contributed by atoms with van der Waals surface area (Å²) in [4.78, 5) is 25.8. The number of anilines is 1. The molecule has 0 radical (unpaired) electrons. The van der Waals surface area contributed by atoms with E-state index in [1.807, 2.05) is 0 Å². The molecule has 0 aliphatic heterocycles. The first-order valence-electron chi connectivity index (χ1n) is 5.02. The molecule has 6 heteroatoms. The maximum absolute atomic E-state index is 11.9. The average Bonchev–Trinajstić information content (AvgIpc) is 2.35. The number of H-pyrrole nitrogens is 1. The molecule has 0 bridgehead atoms. The fourth-order valence-electron chi connectivity index (χ4n) is 1.39. The lowest BCUT2D eigenvalue weighted by Crippen LogP contribution is -2.22. The van der Waals surface area contributed by atoms with Gasteiger partial charge in [-0.2, -0.15) is 0 Å². The summed E-state index contributed by atoms with van der Waals surface area (Å²) in [5.74, 6) is -0.486. The Kier molecular flexibility index (Phi) is 3.84. The first kappa shape index (κ1) is 12.9. The molecule has 1 heterocycles. The Morgan fingerprint density at radius 2 is 2.06 bits per heavy atom. The van der Waals surface area contributed by atoms with Gasteiger partial charge in [0.2, 0.25) is 0 Å². The van der Waals surface area contributed by atoms with Crippen molar-refractivity contribution in [2.24, 2.45) is 0 Å². The van der Waals surface area contributed by atoms with Crippen LogP contribution in [0.4, 0.5) is 5.69 Å². The number of aromatic amines is 1. The Hall–Kier alpha value is -1.59. The van der Waals surface area contributed by atoms with Gasteiger partial charge in [0.15, 0.2) is 0 Å². The highest BCUT2D eigenvalue weighted by atomic mass is 79.9. The van der Waals surface area contributed by atoms with Crippen molar-refractivity contribution < 1.29 is 4.79 Å². The van der Waals surface area contributed by atoms with Crippen molar-refractivity contribution in [2.75, 3.05) is 5.32 Å². The van der Waals surface area contributed by atoms with E-state index in [1.54, 1.807) is 24.3 Å². The molecule has 92 valence electrons. The molecule has 0 spiro atoms. The number of pyridine rings is 1. The normalized spacial score (nSPS) is 10.1. The van der Waals surface area contributed by atoms with Crippen LogP contribution in [0.1, 0.15) is 10.4 Å². The molecule has 0 aliphatic carbocycles. The number of halogens is 2. The summed E-state index contributed by atoms with van der Waals surface area (Å²) in [7, 11) is 0. The van der Waals surface area contributed by atoms with Gasteiger partial charge in [-0.25, -0.2) is 0 Å². The van der Waals surface area contributed by atoms with E-state index < -0.39 is 11.5 Å². The lowest BCUT2D eigenvalue weighted by Gasteiger charge is -2.07. The van der Waals surface area contributed by atoms with Crippen LogP contribution < -0.4 is 10.9 Å². The predicted octanol–water partition coefficient (Wildman–Crippen LogP) is 3.04. The van der Waals surface area contributed by atoms with E-state index in [1.165, 1.54) is 12.3 Å². The number of benzene rings is 1. The maximum Gasteiger partial charge on any atom is 0.261 e. The van der Waals surface area contributed by atoms with Crippen LogP contribution in [0.5, 0.6) is 0 Å². The number of rotatable bonds is 2. The quantitative estimate of drug-likeness (QED) is 0.890. The van der Waals surface area contributed by atoms with E-state index in [9.17, 15) is 9.59 Å². The minimum Gasteiger partial charge on any atom is -0.328 e. The second-order valence-electron chi connectivity index (χ2n) is 3.47. The molecule has 0 aliphatic rings. The van der Waals surface area contributed by atoms with E-state index >= 15 is 0 Å². The van der Waals surface area contributed by atoms with E-state index in [2.05, 4.69) is 26.2 Å². The molecule has 1 aromatic carbocycles. The van der Waals surface area contributed by atoms with E-state index in [0.29, 0.717) is 15.2 Å². The van der Waals surface area contributed by atoms with Crippen LogP contribution in [0, 0.1) is 0 Å². The van der Waals surface area contributed by atoms with Crippen molar-refractivity contribution in [1.82, 2.24) is 4.98 Å². The van der Waals surface area contributed by atoms with Gasteiger partial charge < -0.3 is 10.3 Å². The molecule has 18 heavy (non-hydrogen) atoms. The molecule has 2 rings (SSSR count). The molecule has 0 unspecified atom stereocenters. The SMILES string of the molecule is O=C(Nc1cccc(Cl)c1Br)c1ccc[nH]c1=O. The third-order valence-electron chi connectivity index (χ3n) is 2.26. The Bertz CT molecular complexity index is 655. The largest absolute Gasteiger partial charge is 0.328 e. The highest BCUT2D eigenvalue weighted by Gasteiger charge is 2.12. The van der Waals surface area contributed by atoms with Crippen LogP contribution in [0.3, 0.4) is 0 Å². The Labute approximate surface area is 116 Å². The molecule has 1 amide bonds. The smallest absolute Gasteiger partial charge is 0.261 e.